The summed E-state index contributed by atoms with van der Waals surface area (Å²) in [7, 11) is 1.62. The number of carbonyl (C=O) groups excluding carboxylic acids is 2. The second kappa shape index (κ2) is 10.4. The van der Waals surface area contributed by atoms with Crippen molar-refractivity contribution < 1.29 is 9.59 Å². The molecule has 0 heterocycles. The predicted octanol–water partition coefficient (Wildman–Crippen LogP) is 4.78. The van der Waals surface area contributed by atoms with Gasteiger partial charge in [-0.05, 0) is 47.4 Å². The van der Waals surface area contributed by atoms with E-state index in [2.05, 4.69) is 50.4 Å². The third-order valence-electron chi connectivity index (χ3n) is 5.68. The summed E-state index contributed by atoms with van der Waals surface area (Å²) in [5.74, 6) is -0.109. The minimum Gasteiger partial charge on any atom is -0.357 e. The first-order chi connectivity index (χ1) is 14.2. The summed E-state index contributed by atoms with van der Waals surface area (Å²) >= 11 is 0. The van der Waals surface area contributed by atoms with Crippen molar-refractivity contribution in [3.8, 4) is 0 Å². The molecule has 4 heteroatoms. The molecule has 2 aromatic rings. The number of amides is 2. The zero-order valence-corrected chi connectivity index (χ0v) is 19.3. The Morgan fingerprint density at radius 3 is 2.20 bits per heavy atom. The normalized spacial score (nSPS) is 12.3. The van der Waals surface area contributed by atoms with Gasteiger partial charge in [0.1, 0.15) is 6.04 Å². The summed E-state index contributed by atoms with van der Waals surface area (Å²) in [5.41, 5.74) is 4.73. The van der Waals surface area contributed by atoms with E-state index >= 15 is 0 Å². The number of hydrogen-bond donors (Lipinski definition) is 1. The van der Waals surface area contributed by atoms with E-state index in [1.165, 1.54) is 5.56 Å². The Bertz CT molecular complexity index is 850. The average molecular weight is 409 g/mol. The van der Waals surface area contributed by atoms with Crippen LogP contribution in [-0.2, 0) is 28.0 Å². The summed E-state index contributed by atoms with van der Waals surface area (Å²) in [6.07, 6.45) is 1.63. The number of carbonyl (C=O) groups is 2. The Balaban J connectivity index is 2.17. The van der Waals surface area contributed by atoms with Gasteiger partial charge in [0, 0.05) is 20.0 Å². The molecule has 0 aromatic heterocycles. The van der Waals surface area contributed by atoms with Gasteiger partial charge >= 0.3 is 0 Å². The molecule has 0 saturated carbocycles. The molecular weight excluding hydrogens is 372 g/mol. The van der Waals surface area contributed by atoms with Gasteiger partial charge in [-0.15, -0.1) is 0 Å². The molecule has 1 atom stereocenters. The highest BCUT2D eigenvalue weighted by atomic mass is 16.2. The smallest absolute Gasteiger partial charge is 0.242 e. The van der Waals surface area contributed by atoms with Crippen molar-refractivity contribution in [2.75, 3.05) is 7.05 Å². The van der Waals surface area contributed by atoms with Crippen molar-refractivity contribution in [1.29, 1.82) is 0 Å². The minimum atomic E-state index is -0.467. The molecule has 0 spiro atoms. The maximum Gasteiger partial charge on any atom is 0.242 e. The second-order valence-electron chi connectivity index (χ2n) is 8.93. The van der Waals surface area contributed by atoms with Gasteiger partial charge in [0.2, 0.25) is 11.8 Å². The molecule has 0 fully saturated rings. The average Bonchev–Trinajstić information content (AvgIpc) is 2.72. The number of nitrogens with one attached hydrogen (secondary N) is 1. The van der Waals surface area contributed by atoms with E-state index in [1.807, 2.05) is 38.1 Å². The van der Waals surface area contributed by atoms with Crippen LogP contribution < -0.4 is 5.32 Å². The predicted molar refractivity (Wildman–Crippen MR) is 123 cm³/mol. The Morgan fingerprint density at radius 2 is 1.67 bits per heavy atom. The first-order valence-electron chi connectivity index (χ1n) is 10.8. The molecular formula is C26H36N2O2. The molecule has 30 heavy (non-hydrogen) atoms. The van der Waals surface area contributed by atoms with Crippen LogP contribution >= 0.6 is 0 Å². The van der Waals surface area contributed by atoms with Crippen LogP contribution in [0.25, 0.3) is 0 Å². The van der Waals surface area contributed by atoms with Gasteiger partial charge in [0.15, 0.2) is 0 Å². The fraction of sp³-hybridized carbons (Fsp3) is 0.462. The lowest BCUT2D eigenvalue weighted by molar-refractivity contribution is -0.141. The second-order valence-corrected chi connectivity index (χ2v) is 8.93. The van der Waals surface area contributed by atoms with Crippen LogP contribution in [-0.4, -0.2) is 29.8 Å². The van der Waals surface area contributed by atoms with Gasteiger partial charge in [-0.1, -0.05) is 76.2 Å². The highest BCUT2D eigenvalue weighted by Gasteiger charge is 2.28. The third kappa shape index (κ3) is 6.19. The minimum absolute atomic E-state index is 0.00796. The number of benzene rings is 2. The fourth-order valence-corrected chi connectivity index (χ4v) is 3.62. The Labute approximate surface area is 181 Å². The topological polar surface area (TPSA) is 49.4 Å². The molecule has 162 valence electrons. The van der Waals surface area contributed by atoms with Crippen LogP contribution in [0.3, 0.4) is 0 Å². The van der Waals surface area contributed by atoms with Gasteiger partial charge in [-0.3, -0.25) is 9.59 Å². The molecule has 4 nitrogen and oxygen atoms in total. The maximum atomic E-state index is 13.2. The van der Waals surface area contributed by atoms with E-state index in [-0.39, 0.29) is 17.2 Å². The van der Waals surface area contributed by atoms with E-state index in [0.717, 1.165) is 16.7 Å². The number of hydrogen-bond acceptors (Lipinski definition) is 2. The zero-order valence-electron chi connectivity index (χ0n) is 19.3. The van der Waals surface area contributed by atoms with E-state index in [0.29, 0.717) is 25.8 Å². The monoisotopic (exact) mass is 408 g/mol. The molecule has 1 N–H and O–H groups in total. The van der Waals surface area contributed by atoms with Crippen LogP contribution in [0.4, 0.5) is 0 Å². The third-order valence-corrected chi connectivity index (χ3v) is 5.68. The molecule has 0 saturated heterocycles. The lowest BCUT2D eigenvalue weighted by atomic mass is 9.86. The molecule has 2 rings (SSSR count). The standard InChI is InChI=1S/C26H36N2O2/c1-7-23(25(30)27-6)28(18-21-11-9-8-10-19(21)2)24(29)17-14-20-12-15-22(16-13-20)26(3,4)5/h8-13,15-16,23H,7,14,17-18H2,1-6H3,(H,27,30)/t23-/m0/s1. The highest BCUT2D eigenvalue weighted by molar-refractivity contribution is 5.87. The number of likely N-dealkylation sites (N-methyl/N-ethyl adjacent to an activating group) is 1. The van der Waals surface area contributed by atoms with Crippen LogP contribution in [0.5, 0.6) is 0 Å². The van der Waals surface area contributed by atoms with Gasteiger partial charge in [0.25, 0.3) is 0 Å². The fourth-order valence-electron chi connectivity index (χ4n) is 3.62. The highest BCUT2D eigenvalue weighted by Crippen LogP contribution is 2.23. The van der Waals surface area contributed by atoms with E-state index in [9.17, 15) is 9.59 Å². The van der Waals surface area contributed by atoms with Crippen LogP contribution in [0.15, 0.2) is 48.5 Å². The Kier molecular flexibility index (Phi) is 8.22. The number of rotatable bonds is 8. The molecule has 0 unspecified atom stereocenters. The lowest BCUT2D eigenvalue weighted by Gasteiger charge is -2.31. The molecule has 0 bridgehead atoms. The van der Waals surface area contributed by atoms with Gasteiger partial charge in [0.05, 0.1) is 0 Å². The van der Waals surface area contributed by atoms with Crippen LogP contribution in [0.2, 0.25) is 0 Å². The van der Waals surface area contributed by atoms with E-state index in [1.54, 1.807) is 11.9 Å². The van der Waals surface area contributed by atoms with Crippen molar-refractivity contribution in [1.82, 2.24) is 10.2 Å². The summed E-state index contributed by atoms with van der Waals surface area (Å²) in [5, 5.41) is 2.71. The van der Waals surface area contributed by atoms with Crippen LogP contribution in [0, 0.1) is 6.92 Å². The molecule has 2 aromatic carbocycles. The first kappa shape index (κ1) is 23.7. The largest absolute Gasteiger partial charge is 0.357 e. The molecule has 0 aliphatic carbocycles. The summed E-state index contributed by atoms with van der Waals surface area (Å²) < 4.78 is 0. The van der Waals surface area contributed by atoms with Crippen molar-refractivity contribution in [2.45, 2.75) is 71.9 Å². The Hall–Kier alpha value is -2.62. The van der Waals surface area contributed by atoms with Crippen molar-refractivity contribution in [3.63, 3.8) is 0 Å². The Morgan fingerprint density at radius 1 is 1.03 bits per heavy atom. The van der Waals surface area contributed by atoms with E-state index < -0.39 is 6.04 Å². The van der Waals surface area contributed by atoms with Crippen LogP contribution in [0.1, 0.15) is 62.8 Å². The van der Waals surface area contributed by atoms with Gasteiger partial charge in [-0.2, -0.15) is 0 Å². The SMILES string of the molecule is CC[C@@H](C(=O)NC)N(Cc1ccccc1C)C(=O)CCc1ccc(C(C)(C)C)cc1. The number of nitrogens with zero attached hydrogens (tertiary/aromatic N) is 1. The first-order valence-corrected chi connectivity index (χ1v) is 10.8. The van der Waals surface area contributed by atoms with Crippen molar-refractivity contribution in [2.24, 2.45) is 0 Å². The molecule has 0 aliphatic heterocycles. The quantitative estimate of drug-likeness (QED) is 0.683. The van der Waals surface area contributed by atoms with Gasteiger partial charge < -0.3 is 10.2 Å². The van der Waals surface area contributed by atoms with Crippen molar-refractivity contribution >= 4 is 11.8 Å². The lowest BCUT2D eigenvalue weighted by Crippen LogP contribution is -2.48. The molecule has 0 aliphatic rings. The zero-order chi connectivity index (χ0) is 22.3. The summed E-state index contributed by atoms with van der Waals surface area (Å²) in [6, 6.07) is 16.1. The van der Waals surface area contributed by atoms with Gasteiger partial charge in [-0.25, -0.2) is 0 Å². The molecule has 2 amide bonds. The van der Waals surface area contributed by atoms with E-state index in [4.69, 9.17) is 0 Å². The van der Waals surface area contributed by atoms with Crippen molar-refractivity contribution in [3.05, 3.63) is 70.8 Å². The molecule has 0 radical (unpaired) electrons. The summed E-state index contributed by atoms with van der Waals surface area (Å²) in [6.45, 7) is 11.0. The number of aryl methyl sites for hydroxylation is 2. The summed E-state index contributed by atoms with van der Waals surface area (Å²) in [4.78, 5) is 27.4. The maximum absolute atomic E-state index is 13.2.